The van der Waals surface area contributed by atoms with Crippen molar-refractivity contribution < 1.29 is 4.42 Å². The van der Waals surface area contributed by atoms with Crippen molar-refractivity contribution in [2.24, 2.45) is 0 Å². The van der Waals surface area contributed by atoms with Gasteiger partial charge in [0.1, 0.15) is 11.2 Å². The van der Waals surface area contributed by atoms with E-state index in [1.54, 1.807) is 0 Å². The van der Waals surface area contributed by atoms with Gasteiger partial charge in [-0.25, -0.2) is 15.0 Å². The second-order valence-corrected chi connectivity index (χ2v) is 17.2. The van der Waals surface area contributed by atoms with E-state index in [-0.39, 0.29) is 0 Å². The van der Waals surface area contributed by atoms with Crippen molar-refractivity contribution in [1.29, 1.82) is 0 Å². The lowest BCUT2D eigenvalue weighted by Crippen LogP contribution is -2.02. The standard InChI is InChI=1S/C61H37N5O/c1-3-16-38(17-4-1)39-30-32-40(33-31-39)59-62-60(64-61(63-59)48-25-15-28-52-57(48)46-23-10-13-27-51(46)65(52)44-20-5-2-6-21-44)43-36-54(58-47-24-11-14-29-55(47)67-56(58)37-43)66-50-26-12-9-22-45(50)49-34-41-18-7-8-19-42(41)35-53(49)66/h1-37H. The Morgan fingerprint density at radius 1 is 0.313 bits per heavy atom. The van der Waals surface area contributed by atoms with Crippen molar-refractivity contribution in [3.05, 3.63) is 224 Å². The number of aromatic nitrogens is 5. The van der Waals surface area contributed by atoms with Crippen LogP contribution in [0.1, 0.15) is 0 Å². The van der Waals surface area contributed by atoms with E-state index in [0.29, 0.717) is 17.5 Å². The molecule has 0 aliphatic heterocycles. The predicted octanol–water partition coefficient (Wildman–Crippen LogP) is 15.8. The van der Waals surface area contributed by atoms with Gasteiger partial charge in [-0.1, -0.05) is 164 Å². The molecule has 6 heteroatoms. The van der Waals surface area contributed by atoms with E-state index in [0.717, 1.165) is 94.0 Å². The molecule has 0 radical (unpaired) electrons. The van der Waals surface area contributed by atoms with Crippen LogP contribution in [-0.2, 0) is 0 Å². The van der Waals surface area contributed by atoms with Gasteiger partial charge in [0, 0.05) is 49.3 Å². The molecule has 0 fully saturated rings. The van der Waals surface area contributed by atoms with Gasteiger partial charge < -0.3 is 13.6 Å². The van der Waals surface area contributed by atoms with Crippen LogP contribution < -0.4 is 0 Å². The third-order valence-electron chi connectivity index (χ3n) is 13.3. The molecule has 14 rings (SSSR count). The molecule has 0 bridgehead atoms. The Labute approximate surface area is 384 Å². The predicted molar refractivity (Wildman–Crippen MR) is 275 cm³/mol. The quantitative estimate of drug-likeness (QED) is 0.167. The summed E-state index contributed by atoms with van der Waals surface area (Å²) in [7, 11) is 0. The van der Waals surface area contributed by atoms with Gasteiger partial charge in [-0.3, -0.25) is 0 Å². The summed E-state index contributed by atoms with van der Waals surface area (Å²) in [5.41, 5.74) is 13.0. The second kappa shape index (κ2) is 14.7. The topological polar surface area (TPSA) is 61.7 Å². The van der Waals surface area contributed by atoms with E-state index >= 15 is 0 Å². The average molecular weight is 856 g/mol. The van der Waals surface area contributed by atoms with E-state index < -0.39 is 0 Å². The second-order valence-electron chi connectivity index (χ2n) is 17.2. The molecule has 14 aromatic rings. The van der Waals surface area contributed by atoms with Crippen LogP contribution >= 0.6 is 0 Å². The first kappa shape index (κ1) is 37.3. The normalized spacial score (nSPS) is 11.9. The molecular weight excluding hydrogens is 819 g/mol. The first-order valence-electron chi connectivity index (χ1n) is 22.6. The molecule has 0 N–H and O–H groups in total. The molecule has 0 spiro atoms. The lowest BCUT2D eigenvalue weighted by molar-refractivity contribution is 0.669. The summed E-state index contributed by atoms with van der Waals surface area (Å²) in [4.78, 5) is 16.2. The SMILES string of the molecule is c1ccc(-c2ccc(-c3nc(-c4cc(-n5c6ccccc6c6cc7ccccc7cc65)c5c(c4)oc4ccccc45)nc(-c4cccc5c4c4ccccc4n5-c4ccccc4)n3)cc2)cc1. The van der Waals surface area contributed by atoms with Gasteiger partial charge >= 0.3 is 0 Å². The Hall–Kier alpha value is -9.13. The molecule has 10 aromatic carbocycles. The Morgan fingerprint density at radius 2 is 0.896 bits per heavy atom. The zero-order valence-corrected chi connectivity index (χ0v) is 36.0. The van der Waals surface area contributed by atoms with Crippen molar-refractivity contribution in [3.8, 4) is 56.7 Å². The summed E-state index contributed by atoms with van der Waals surface area (Å²) in [6, 6.07) is 79.1. The van der Waals surface area contributed by atoms with Crippen molar-refractivity contribution in [3.63, 3.8) is 0 Å². The number of hydrogen-bond donors (Lipinski definition) is 0. The number of benzene rings is 10. The summed E-state index contributed by atoms with van der Waals surface area (Å²) < 4.78 is 11.5. The average Bonchev–Trinajstić information content (AvgIpc) is 4.06. The molecule has 6 nitrogen and oxygen atoms in total. The fourth-order valence-corrected chi connectivity index (χ4v) is 10.3. The number of hydrogen-bond acceptors (Lipinski definition) is 4. The highest BCUT2D eigenvalue weighted by Gasteiger charge is 2.23. The Kier molecular flexibility index (Phi) is 8.18. The summed E-state index contributed by atoms with van der Waals surface area (Å²) in [6.07, 6.45) is 0. The fraction of sp³-hybridized carbons (Fsp3) is 0. The number of rotatable bonds is 6. The van der Waals surface area contributed by atoms with E-state index in [9.17, 15) is 0 Å². The highest BCUT2D eigenvalue weighted by molar-refractivity contribution is 6.18. The minimum absolute atomic E-state index is 0.547. The molecule has 0 aliphatic carbocycles. The van der Waals surface area contributed by atoms with Gasteiger partial charge in [-0.15, -0.1) is 0 Å². The zero-order chi connectivity index (χ0) is 44.0. The molecule has 4 heterocycles. The highest BCUT2D eigenvalue weighted by atomic mass is 16.3. The highest BCUT2D eigenvalue weighted by Crippen LogP contribution is 2.43. The largest absolute Gasteiger partial charge is 0.456 e. The number of furan rings is 1. The summed E-state index contributed by atoms with van der Waals surface area (Å²) >= 11 is 0. The lowest BCUT2D eigenvalue weighted by atomic mass is 10.0. The van der Waals surface area contributed by atoms with Crippen LogP contribution in [0.2, 0.25) is 0 Å². The minimum atomic E-state index is 0.547. The lowest BCUT2D eigenvalue weighted by Gasteiger charge is -2.14. The monoisotopic (exact) mass is 855 g/mol. The summed E-state index contributed by atoms with van der Waals surface area (Å²) in [5.74, 6) is 1.71. The Bertz CT molecular complexity index is 4260. The molecule has 0 atom stereocenters. The maximum atomic E-state index is 6.80. The molecule has 0 aliphatic rings. The van der Waals surface area contributed by atoms with Crippen LogP contribution in [0, 0.1) is 0 Å². The van der Waals surface area contributed by atoms with Crippen molar-refractivity contribution in [2.45, 2.75) is 0 Å². The van der Waals surface area contributed by atoms with Crippen LogP contribution in [0.4, 0.5) is 0 Å². The van der Waals surface area contributed by atoms with Gasteiger partial charge in [0.05, 0.1) is 33.1 Å². The molecule has 0 saturated carbocycles. The molecule has 312 valence electrons. The number of fused-ring (bicyclic) bond motifs is 10. The van der Waals surface area contributed by atoms with E-state index in [1.165, 1.54) is 21.5 Å². The molecule has 0 amide bonds. The minimum Gasteiger partial charge on any atom is -0.456 e. The summed E-state index contributed by atoms with van der Waals surface area (Å²) in [6.45, 7) is 0. The van der Waals surface area contributed by atoms with E-state index in [4.69, 9.17) is 19.4 Å². The smallest absolute Gasteiger partial charge is 0.164 e. The first-order valence-corrected chi connectivity index (χ1v) is 22.6. The third kappa shape index (κ3) is 5.86. The first-order chi connectivity index (χ1) is 33.2. The van der Waals surface area contributed by atoms with Gasteiger partial charge in [-0.05, 0) is 82.6 Å². The van der Waals surface area contributed by atoms with Crippen molar-refractivity contribution in [2.75, 3.05) is 0 Å². The van der Waals surface area contributed by atoms with E-state index in [1.807, 2.05) is 18.2 Å². The number of nitrogens with zero attached hydrogens (tertiary/aromatic N) is 5. The molecule has 67 heavy (non-hydrogen) atoms. The maximum absolute atomic E-state index is 6.80. The van der Waals surface area contributed by atoms with Gasteiger partial charge in [0.15, 0.2) is 17.5 Å². The van der Waals surface area contributed by atoms with Gasteiger partial charge in [0.2, 0.25) is 0 Å². The van der Waals surface area contributed by atoms with Gasteiger partial charge in [-0.2, -0.15) is 0 Å². The molecule has 4 aromatic heterocycles. The third-order valence-corrected chi connectivity index (χ3v) is 13.3. The molecule has 0 unspecified atom stereocenters. The Morgan fingerprint density at radius 3 is 1.69 bits per heavy atom. The van der Waals surface area contributed by atoms with Crippen molar-refractivity contribution >= 4 is 76.3 Å². The molecular formula is C61H37N5O. The molecule has 0 saturated heterocycles. The van der Waals surface area contributed by atoms with Crippen LogP contribution in [-0.4, -0.2) is 24.1 Å². The Balaban J connectivity index is 1.06. The fourth-order valence-electron chi connectivity index (χ4n) is 10.3. The van der Waals surface area contributed by atoms with Crippen LogP contribution in [0.15, 0.2) is 229 Å². The van der Waals surface area contributed by atoms with Crippen LogP contribution in [0.5, 0.6) is 0 Å². The van der Waals surface area contributed by atoms with E-state index in [2.05, 4.69) is 215 Å². The number of para-hydroxylation sites is 4. The van der Waals surface area contributed by atoms with Gasteiger partial charge in [0.25, 0.3) is 0 Å². The summed E-state index contributed by atoms with van der Waals surface area (Å²) in [5, 5.41) is 9.02. The maximum Gasteiger partial charge on any atom is 0.164 e. The van der Waals surface area contributed by atoms with Crippen molar-refractivity contribution in [1.82, 2.24) is 24.1 Å². The zero-order valence-electron chi connectivity index (χ0n) is 36.0. The van der Waals surface area contributed by atoms with Crippen LogP contribution in [0.3, 0.4) is 0 Å². The van der Waals surface area contributed by atoms with Crippen LogP contribution in [0.25, 0.3) is 133 Å².